The Hall–Kier alpha value is -3.75. The highest BCUT2D eigenvalue weighted by Crippen LogP contribution is 2.88. The number of unbranched alkanes of at least 4 members (excludes halogenated alkanes) is 11. The van der Waals surface area contributed by atoms with E-state index < -0.39 is 51.0 Å². The molecule has 2 aliphatic heterocycles. The van der Waals surface area contributed by atoms with Crippen LogP contribution < -0.4 is 20.7 Å². The number of hydrogen-bond donors (Lipinski definition) is 4. The summed E-state index contributed by atoms with van der Waals surface area (Å²) in [5, 5.41) is 10.8. The molecule has 2 saturated heterocycles. The average Bonchev–Trinajstić information content (AvgIpc) is 3.72. The van der Waals surface area contributed by atoms with Crippen molar-refractivity contribution in [1.82, 2.24) is 29.9 Å². The van der Waals surface area contributed by atoms with Crippen LogP contribution in [0.15, 0.2) is 47.4 Å². The van der Waals surface area contributed by atoms with Crippen LogP contribution in [0.2, 0.25) is 0 Å². The first-order valence-corrected chi connectivity index (χ1v) is 30.4. The van der Waals surface area contributed by atoms with E-state index in [9.17, 15) is 22.8 Å². The van der Waals surface area contributed by atoms with Crippen molar-refractivity contribution in [3.63, 3.8) is 0 Å². The number of para-hydroxylation sites is 1. The smallest absolute Gasteiger partial charge is 0.303 e. The monoisotopic (exact) mass is 1030 g/mol. The van der Waals surface area contributed by atoms with Gasteiger partial charge in [0.2, 0.25) is 11.8 Å². The molecule has 0 bridgehead atoms. The van der Waals surface area contributed by atoms with Gasteiger partial charge in [-0.3, -0.25) is 19.2 Å². The molecule has 406 valence electrons. The molecule has 4 N–H and O–H groups in total. The van der Waals surface area contributed by atoms with Crippen LogP contribution in [-0.4, -0.2) is 91.1 Å². The number of furan rings is 1. The zero-order valence-corrected chi connectivity index (χ0v) is 46.2. The summed E-state index contributed by atoms with van der Waals surface area (Å²) >= 11 is 0. The maximum Gasteiger partial charge on any atom is 0.303 e. The number of nitrogens with zero attached hydrogens (tertiary/aromatic N) is 2. The molecule has 1 aromatic carbocycles. The van der Waals surface area contributed by atoms with E-state index in [1.165, 1.54) is 101 Å². The summed E-state index contributed by atoms with van der Waals surface area (Å²) in [6, 6.07) is 7.48. The van der Waals surface area contributed by atoms with E-state index >= 15 is 4.79 Å². The van der Waals surface area contributed by atoms with Crippen molar-refractivity contribution in [3.05, 3.63) is 48.7 Å². The maximum absolute atomic E-state index is 15.6. The molecule has 1 unspecified atom stereocenters. The molecule has 4 saturated carbocycles. The topological polar surface area (TPSA) is 170 Å². The Bertz CT molecular complexity index is 2330. The van der Waals surface area contributed by atoms with Crippen LogP contribution in [0.5, 0.6) is 0 Å². The second kappa shape index (κ2) is 23.2. The molecule has 8 rings (SSSR count). The Morgan fingerprint density at radius 3 is 2.03 bits per heavy atom. The van der Waals surface area contributed by atoms with E-state index in [1.807, 2.05) is 45.0 Å². The minimum Gasteiger partial charge on any atom is -0.451 e. The van der Waals surface area contributed by atoms with Crippen LogP contribution >= 0.6 is 0 Å². The van der Waals surface area contributed by atoms with E-state index in [0.29, 0.717) is 31.6 Å². The fourth-order valence-corrected chi connectivity index (χ4v) is 15.7. The number of hydrogen-bond acceptors (Lipinski definition) is 8. The molecule has 2 spiro atoms. The Morgan fingerprint density at radius 1 is 0.822 bits per heavy atom. The summed E-state index contributed by atoms with van der Waals surface area (Å²) in [6.45, 7) is 16.0. The van der Waals surface area contributed by atoms with E-state index in [-0.39, 0.29) is 52.8 Å². The van der Waals surface area contributed by atoms with Gasteiger partial charge in [-0.25, -0.2) is 4.72 Å². The lowest BCUT2D eigenvalue weighted by Gasteiger charge is -2.38. The minimum atomic E-state index is -4.10. The first-order chi connectivity index (χ1) is 34.9. The lowest BCUT2D eigenvalue weighted by atomic mass is 9.73. The fraction of sp³-hybridized carbons (Fsp3) is 0.763. The van der Waals surface area contributed by atoms with Crippen LogP contribution in [0, 0.1) is 33.5 Å². The molecule has 6 atom stereocenters. The lowest BCUT2D eigenvalue weighted by molar-refractivity contribution is -0.143. The van der Waals surface area contributed by atoms with E-state index in [0.717, 1.165) is 69.1 Å². The molecule has 0 radical (unpaired) electrons. The Kier molecular flexibility index (Phi) is 17.7. The van der Waals surface area contributed by atoms with Gasteiger partial charge in [0.05, 0.1) is 6.04 Å². The summed E-state index contributed by atoms with van der Waals surface area (Å²) in [6.07, 6.45) is 31.4. The molecule has 6 aliphatic rings. The van der Waals surface area contributed by atoms with Crippen molar-refractivity contribution < 1.29 is 32.0 Å². The standard InChI is InChI=1S/C59H92N6O7S/c1-7-45-39-59(45,54(69)63-73(70,71)64-36-25-26-37-64)62-51(66)47-40-58(56(5,6)57(58)34-27-35-57)42-65(47)53(68)50(55(2,3)4)61-46(41-60-52(67)49-38-44-31-23-24-33-48(44)72-49)32-22-17-15-13-11-9-8-10-12-14-16-19-28-43-29-20-18-21-30-43/h7,23-24,31,33,38,43,45-47,50,61H,1,8-22,25-30,32,34-37,39-42H2,2-6H3,(H,60,67)(H,62,66)(H,63,69)/t45-,46?,47+,50-,58-,59-/m1/s1. The number of carbonyl (C=O) groups excluding carboxylic acids is 4. The zero-order chi connectivity index (χ0) is 52.1. The third-order valence-corrected chi connectivity index (χ3v) is 20.9. The molecule has 3 heterocycles. The van der Waals surface area contributed by atoms with Crippen molar-refractivity contribution in [3.8, 4) is 0 Å². The van der Waals surface area contributed by atoms with Gasteiger partial charge in [-0.05, 0) is 79.2 Å². The Morgan fingerprint density at radius 2 is 1.45 bits per heavy atom. The number of benzene rings is 1. The lowest BCUT2D eigenvalue weighted by Crippen LogP contribution is -2.61. The van der Waals surface area contributed by atoms with Gasteiger partial charge >= 0.3 is 10.2 Å². The Labute approximate surface area is 438 Å². The summed E-state index contributed by atoms with van der Waals surface area (Å²) in [7, 11) is -4.10. The molecule has 14 heteroatoms. The second-order valence-electron chi connectivity index (χ2n) is 25.2. The van der Waals surface area contributed by atoms with Crippen LogP contribution in [0.4, 0.5) is 0 Å². The van der Waals surface area contributed by atoms with Gasteiger partial charge in [-0.15, -0.1) is 6.58 Å². The van der Waals surface area contributed by atoms with Gasteiger partial charge in [0.15, 0.2) is 5.76 Å². The van der Waals surface area contributed by atoms with Crippen LogP contribution in [0.25, 0.3) is 11.0 Å². The van der Waals surface area contributed by atoms with Gasteiger partial charge in [0.1, 0.15) is 17.2 Å². The highest BCUT2D eigenvalue weighted by Gasteiger charge is 2.85. The van der Waals surface area contributed by atoms with Gasteiger partial charge in [0, 0.05) is 48.9 Å². The maximum atomic E-state index is 15.6. The van der Waals surface area contributed by atoms with Crippen LogP contribution in [-0.2, 0) is 24.6 Å². The number of carbonyl (C=O) groups is 4. The second-order valence-corrected chi connectivity index (χ2v) is 26.9. The van der Waals surface area contributed by atoms with Crippen molar-refractivity contribution in [2.24, 2.45) is 33.5 Å². The van der Waals surface area contributed by atoms with Crippen LogP contribution in [0.3, 0.4) is 0 Å². The molecule has 13 nitrogen and oxygen atoms in total. The first-order valence-electron chi connectivity index (χ1n) is 29.0. The molecule has 2 aromatic rings. The van der Waals surface area contributed by atoms with Gasteiger partial charge in [0.25, 0.3) is 11.8 Å². The fourth-order valence-electron chi connectivity index (χ4n) is 14.4. The van der Waals surface area contributed by atoms with Crippen LogP contribution in [0.1, 0.15) is 212 Å². The third-order valence-electron chi connectivity index (χ3n) is 19.4. The summed E-state index contributed by atoms with van der Waals surface area (Å²) in [4.78, 5) is 60.0. The Balaban J connectivity index is 0.913. The summed E-state index contributed by atoms with van der Waals surface area (Å²) in [5.74, 6) is -0.928. The van der Waals surface area contributed by atoms with Crippen molar-refractivity contribution in [2.45, 2.75) is 225 Å². The molecule has 6 fully saturated rings. The predicted octanol–water partition coefficient (Wildman–Crippen LogP) is 10.9. The van der Waals surface area contributed by atoms with E-state index in [4.69, 9.17) is 4.42 Å². The normalized spacial score (nSPS) is 26.4. The minimum absolute atomic E-state index is 0.0251. The number of nitrogens with one attached hydrogen (secondary N) is 4. The summed E-state index contributed by atoms with van der Waals surface area (Å²) in [5.41, 5.74) is -1.78. The van der Waals surface area contributed by atoms with Crippen molar-refractivity contribution in [1.29, 1.82) is 0 Å². The van der Waals surface area contributed by atoms with Gasteiger partial charge in [-0.2, -0.15) is 12.7 Å². The molecular formula is C59H92N6O7S. The quantitative estimate of drug-likeness (QED) is 0.0506. The molecule has 73 heavy (non-hydrogen) atoms. The predicted molar refractivity (Wildman–Crippen MR) is 290 cm³/mol. The molecular weight excluding hydrogens is 937 g/mol. The third kappa shape index (κ3) is 12.0. The number of fused-ring (bicyclic) bond motifs is 2. The molecule has 4 amide bonds. The number of likely N-dealkylation sites (tertiary alicyclic amines) is 1. The van der Waals surface area contributed by atoms with Gasteiger partial charge in [-0.1, -0.05) is 181 Å². The molecule has 4 aliphatic carbocycles. The number of amides is 4. The zero-order valence-electron chi connectivity index (χ0n) is 45.4. The van der Waals surface area contributed by atoms with Crippen molar-refractivity contribution in [2.75, 3.05) is 26.2 Å². The molecule has 1 aromatic heterocycles. The SMILES string of the molecule is C=C[C@@H]1C[C@]1(NC(=O)[C@@H]1C[C@@]2(CN1C(=O)[C@@H](NC(CCCCCCCCCCCCCCC1CCCCC1)CNC(=O)c1cc3ccccc3o1)C(C)(C)C)C(C)(C)C21CCC1)C(=O)NS(=O)(=O)N1CCCC1. The van der Waals surface area contributed by atoms with E-state index in [2.05, 4.69) is 41.1 Å². The highest BCUT2D eigenvalue weighted by molar-refractivity contribution is 7.87. The van der Waals surface area contributed by atoms with E-state index in [1.54, 1.807) is 17.0 Å². The summed E-state index contributed by atoms with van der Waals surface area (Å²) < 4.78 is 36.1. The first kappa shape index (κ1) is 55.5. The van der Waals surface area contributed by atoms with Crippen molar-refractivity contribution >= 4 is 44.8 Å². The number of rotatable bonds is 27. The largest absolute Gasteiger partial charge is 0.451 e. The van der Waals surface area contributed by atoms with Gasteiger partial charge < -0.3 is 25.3 Å². The average molecular weight is 1030 g/mol. The highest BCUT2D eigenvalue weighted by atomic mass is 32.2.